The standard InChI is InChI=1S/C22H24ClN3O2S/c1-15-5-4-6-20(13-15)26-12-11-25(14-16(26)2)22-17(3)21(29(27,28)24-22)18-7-9-19(23)10-8-18/h4-10,13,16H,11-12,14H2,1-3H3/t16-/m0/s1. The van der Waals surface area contributed by atoms with Crippen molar-refractivity contribution in [2.45, 2.75) is 26.8 Å². The van der Waals surface area contributed by atoms with Crippen molar-refractivity contribution in [1.82, 2.24) is 4.90 Å². The maximum absolute atomic E-state index is 12.8. The molecule has 2 aromatic rings. The van der Waals surface area contributed by atoms with E-state index in [4.69, 9.17) is 11.6 Å². The van der Waals surface area contributed by atoms with Crippen LogP contribution in [0.25, 0.3) is 4.91 Å². The molecule has 0 saturated carbocycles. The first kappa shape index (κ1) is 20.0. The van der Waals surface area contributed by atoms with Gasteiger partial charge in [-0.15, -0.1) is 4.40 Å². The molecule has 2 aliphatic heterocycles. The minimum atomic E-state index is -3.72. The highest BCUT2D eigenvalue weighted by molar-refractivity contribution is 8.00. The molecular formula is C22H24ClN3O2S. The maximum Gasteiger partial charge on any atom is 0.285 e. The van der Waals surface area contributed by atoms with Crippen molar-refractivity contribution in [3.8, 4) is 0 Å². The lowest BCUT2D eigenvalue weighted by Crippen LogP contribution is -2.53. The highest BCUT2D eigenvalue weighted by Crippen LogP contribution is 2.35. The molecule has 4 rings (SSSR count). The summed E-state index contributed by atoms with van der Waals surface area (Å²) in [4.78, 5) is 4.73. The zero-order valence-electron chi connectivity index (χ0n) is 16.8. The second-order valence-electron chi connectivity index (χ2n) is 7.68. The van der Waals surface area contributed by atoms with Crippen molar-refractivity contribution >= 4 is 38.1 Å². The molecule has 7 heteroatoms. The number of hydrogen-bond donors (Lipinski definition) is 0. The smallest absolute Gasteiger partial charge is 0.285 e. The van der Waals surface area contributed by atoms with Crippen molar-refractivity contribution < 1.29 is 8.42 Å². The SMILES string of the molecule is CC1=C(c2ccc(Cl)cc2)S(=O)(=O)N=C1N1CCN(c2cccc(C)c2)[C@@H](C)C1. The Bertz CT molecular complexity index is 1110. The number of amidine groups is 1. The Labute approximate surface area is 177 Å². The fourth-order valence-corrected chi connectivity index (χ4v) is 5.73. The van der Waals surface area contributed by atoms with E-state index < -0.39 is 10.0 Å². The Balaban J connectivity index is 1.60. The number of sulfonamides is 1. The summed E-state index contributed by atoms with van der Waals surface area (Å²) in [5.41, 5.74) is 3.75. The van der Waals surface area contributed by atoms with E-state index in [2.05, 4.69) is 52.3 Å². The predicted molar refractivity (Wildman–Crippen MR) is 120 cm³/mol. The van der Waals surface area contributed by atoms with Crippen LogP contribution in [0.1, 0.15) is 25.0 Å². The summed E-state index contributed by atoms with van der Waals surface area (Å²) in [6.45, 7) is 8.34. The number of halogens is 1. The monoisotopic (exact) mass is 429 g/mol. The summed E-state index contributed by atoms with van der Waals surface area (Å²) in [5, 5.41) is 0.574. The fourth-order valence-electron chi connectivity index (χ4n) is 4.12. The van der Waals surface area contributed by atoms with E-state index >= 15 is 0 Å². The lowest BCUT2D eigenvalue weighted by atomic mass is 10.1. The molecule has 0 spiro atoms. The third kappa shape index (κ3) is 3.79. The Hall–Kier alpha value is -2.31. The number of nitrogens with zero attached hydrogens (tertiary/aromatic N) is 3. The maximum atomic E-state index is 12.8. The molecule has 2 aliphatic rings. The lowest BCUT2D eigenvalue weighted by Gasteiger charge is -2.42. The van der Waals surface area contributed by atoms with Gasteiger partial charge in [0, 0.05) is 42.0 Å². The van der Waals surface area contributed by atoms with Crippen LogP contribution in [0, 0.1) is 6.92 Å². The van der Waals surface area contributed by atoms with E-state index in [9.17, 15) is 8.42 Å². The Morgan fingerprint density at radius 3 is 2.45 bits per heavy atom. The molecule has 2 heterocycles. The quantitative estimate of drug-likeness (QED) is 0.712. The molecule has 0 N–H and O–H groups in total. The van der Waals surface area contributed by atoms with E-state index in [-0.39, 0.29) is 10.9 Å². The molecular weight excluding hydrogens is 406 g/mol. The van der Waals surface area contributed by atoms with Gasteiger partial charge in [0.1, 0.15) is 10.7 Å². The summed E-state index contributed by atoms with van der Waals surface area (Å²) in [6, 6.07) is 15.6. The fraction of sp³-hybridized carbons (Fsp3) is 0.318. The van der Waals surface area contributed by atoms with Gasteiger partial charge in [-0.1, -0.05) is 35.9 Å². The summed E-state index contributed by atoms with van der Waals surface area (Å²) in [6.07, 6.45) is 0. The first-order valence-electron chi connectivity index (χ1n) is 9.67. The van der Waals surface area contributed by atoms with Gasteiger partial charge in [-0.3, -0.25) is 0 Å². The van der Waals surface area contributed by atoms with Crippen molar-refractivity contribution in [3.63, 3.8) is 0 Å². The molecule has 1 atom stereocenters. The summed E-state index contributed by atoms with van der Waals surface area (Å²) in [5.74, 6) is 0.561. The zero-order chi connectivity index (χ0) is 20.8. The van der Waals surface area contributed by atoms with Crippen LogP contribution in [-0.2, 0) is 10.0 Å². The van der Waals surface area contributed by atoms with Crippen LogP contribution >= 0.6 is 11.6 Å². The van der Waals surface area contributed by atoms with Gasteiger partial charge in [0.25, 0.3) is 10.0 Å². The van der Waals surface area contributed by atoms with E-state index in [1.54, 1.807) is 24.3 Å². The van der Waals surface area contributed by atoms with Gasteiger partial charge in [-0.25, -0.2) is 0 Å². The van der Waals surface area contributed by atoms with Crippen LogP contribution in [0.2, 0.25) is 5.02 Å². The average molecular weight is 430 g/mol. The van der Waals surface area contributed by atoms with Crippen molar-refractivity contribution in [3.05, 3.63) is 70.3 Å². The molecule has 0 bridgehead atoms. The Kier molecular flexibility index (Phi) is 5.17. The van der Waals surface area contributed by atoms with Gasteiger partial charge < -0.3 is 9.80 Å². The second-order valence-corrected chi connectivity index (χ2v) is 9.66. The van der Waals surface area contributed by atoms with Gasteiger partial charge in [0.15, 0.2) is 0 Å². The highest BCUT2D eigenvalue weighted by Gasteiger charge is 2.36. The van der Waals surface area contributed by atoms with Gasteiger partial charge in [0.05, 0.1) is 0 Å². The van der Waals surface area contributed by atoms with E-state index in [1.165, 1.54) is 11.3 Å². The topological polar surface area (TPSA) is 53.0 Å². The third-order valence-corrected chi connectivity index (χ3v) is 7.23. The molecule has 152 valence electrons. The zero-order valence-corrected chi connectivity index (χ0v) is 18.3. The summed E-state index contributed by atoms with van der Waals surface area (Å²) >= 11 is 5.96. The Morgan fingerprint density at radius 1 is 1.07 bits per heavy atom. The number of piperazine rings is 1. The molecule has 1 saturated heterocycles. The second kappa shape index (κ2) is 7.50. The highest BCUT2D eigenvalue weighted by atomic mass is 35.5. The predicted octanol–water partition coefficient (Wildman–Crippen LogP) is 4.33. The van der Waals surface area contributed by atoms with Crippen LogP contribution in [0.3, 0.4) is 0 Å². The number of benzene rings is 2. The largest absolute Gasteiger partial charge is 0.365 e. The molecule has 0 amide bonds. The number of aryl methyl sites for hydroxylation is 1. The molecule has 5 nitrogen and oxygen atoms in total. The molecule has 29 heavy (non-hydrogen) atoms. The number of rotatable bonds is 2. The summed E-state index contributed by atoms with van der Waals surface area (Å²) in [7, 11) is -3.72. The molecule has 0 radical (unpaired) electrons. The van der Waals surface area contributed by atoms with Crippen molar-refractivity contribution in [2.75, 3.05) is 24.5 Å². The minimum absolute atomic E-state index is 0.239. The lowest BCUT2D eigenvalue weighted by molar-refractivity contribution is 0.339. The molecule has 0 aromatic heterocycles. The third-order valence-electron chi connectivity index (χ3n) is 5.51. The van der Waals surface area contributed by atoms with Gasteiger partial charge in [0.2, 0.25) is 0 Å². The van der Waals surface area contributed by atoms with E-state index in [0.717, 1.165) is 13.1 Å². The molecule has 0 aliphatic carbocycles. The molecule has 1 fully saturated rings. The van der Waals surface area contributed by atoms with Crippen molar-refractivity contribution in [1.29, 1.82) is 0 Å². The van der Waals surface area contributed by atoms with Crippen LogP contribution in [0.15, 0.2) is 58.5 Å². The normalized spacial score (nSPS) is 21.5. The molecule has 0 unspecified atom stereocenters. The number of anilines is 1. The van der Waals surface area contributed by atoms with Crippen LogP contribution in [-0.4, -0.2) is 44.8 Å². The minimum Gasteiger partial charge on any atom is -0.365 e. The van der Waals surface area contributed by atoms with E-state index in [1.807, 2.05) is 6.92 Å². The van der Waals surface area contributed by atoms with Crippen LogP contribution in [0.5, 0.6) is 0 Å². The first-order valence-corrected chi connectivity index (χ1v) is 11.5. The average Bonchev–Trinajstić information content (AvgIpc) is 2.91. The Morgan fingerprint density at radius 2 is 1.79 bits per heavy atom. The van der Waals surface area contributed by atoms with Crippen LogP contribution in [0.4, 0.5) is 5.69 Å². The van der Waals surface area contributed by atoms with Crippen molar-refractivity contribution in [2.24, 2.45) is 4.40 Å². The van der Waals surface area contributed by atoms with Crippen LogP contribution < -0.4 is 4.90 Å². The van der Waals surface area contributed by atoms with E-state index in [0.29, 0.717) is 28.5 Å². The van der Waals surface area contributed by atoms with Gasteiger partial charge in [-0.05, 0) is 56.2 Å². The van der Waals surface area contributed by atoms with Gasteiger partial charge in [-0.2, -0.15) is 8.42 Å². The first-order chi connectivity index (χ1) is 13.8. The number of hydrogen-bond acceptors (Lipinski definition) is 4. The molecule has 2 aromatic carbocycles. The summed E-state index contributed by atoms with van der Waals surface area (Å²) < 4.78 is 29.7. The van der Waals surface area contributed by atoms with Gasteiger partial charge >= 0.3 is 0 Å².